The molecule has 7 heteroatoms. The first-order valence-corrected chi connectivity index (χ1v) is 10.5. The van der Waals surface area contributed by atoms with Crippen molar-refractivity contribution in [3.8, 4) is 5.75 Å². The van der Waals surface area contributed by atoms with Gasteiger partial charge in [0.2, 0.25) is 5.55 Å². The van der Waals surface area contributed by atoms with E-state index in [-0.39, 0.29) is 23.6 Å². The van der Waals surface area contributed by atoms with Crippen LogP contribution >= 0.6 is 0 Å². The fourth-order valence-corrected chi connectivity index (χ4v) is 3.48. The number of anilines is 1. The molecule has 0 bridgehead atoms. The number of hydrogen-bond donors (Lipinski definition) is 2. The maximum atomic E-state index is 13.3. The largest absolute Gasteiger partial charge is 0.497 e. The summed E-state index contributed by atoms with van der Waals surface area (Å²) in [4.78, 5) is 22.2. The number of hydrogen-bond acceptors (Lipinski definition) is 6. The molecule has 0 saturated carbocycles. The SMILES string of the molecule is COc1cccc(N=c2oc3c(C)ncc(CO)c3cc2C(=O)Nc2ccc(C)c(C)c2)c1. The molecule has 2 N–H and O–H groups in total. The number of aliphatic hydroxyl groups is 1. The lowest BCUT2D eigenvalue weighted by atomic mass is 10.1. The maximum absolute atomic E-state index is 13.3. The number of carbonyl (C=O) groups excluding carboxylic acids is 1. The summed E-state index contributed by atoms with van der Waals surface area (Å²) < 4.78 is 11.4. The first-order chi connectivity index (χ1) is 15.9. The van der Waals surface area contributed by atoms with Gasteiger partial charge < -0.3 is 19.6 Å². The molecule has 0 aliphatic carbocycles. The molecule has 33 heavy (non-hydrogen) atoms. The predicted octanol–water partition coefficient (Wildman–Crippen LogP) is 4.74. The summed E-state index contributed by atoms with van der Waals surface area (Å²) in [7, 11) is 1.58. The minimum Gasteiger partial charge on any atom is -0.497 e. The summed E-state index contributed by atoms with van der Waals surface area (Å²) in [6, 6.07) is 14.6. The zero-order chi connectivity index (χ0) is 23.5. The van der Waals surface area contributed by atoms with Crippen LogP contribution in [0.3, 0.4) is 0 Å². The number of ether oxygens (including phenoxy) is 1. The number of amides is 1. The molecule has 168 valence electrons. The van der Waals surface area contributed by atoms with Crippen LogP contribution in [-0.4, -0.2) is 23.1 Å². The van der Waals surface area contributed by atoms with Crippen molar-refractivity contribution in [2.75, 3.05) is 12.4 Å². The van der Waals surface area contributed by atoms with Gasteiger partial charge in [-0.15, -0.1) is 0 Å². The van der Waals surface area contributed by atoms with E-state index in [1.807, 2.05) is 44.2 Å². The van der Waals surface area contributed by atoms with Crippen molar-refractivity contribution in [3.63, 3.8) is 0 Å². The minimum absolute atomic E-state index is 0.136. The summed E-state index contributed by atoms with van der Waals surface area (Å²) in [5.41, 5.74) is 5.48. The summed E-state index contributed by atoms with van der Waals surface area (Å²) in [6.07, 6.45) is 1.58. The van der Waals surface area contributed by atoms with Gasteiger partial charge in [0.25, 0.3) is 5.91 Å². The van der Waals surface area contributed by atoms with E-state index >= 15 is 0 Å². The fourth-order valence-electron chi connectivity index (χ4n) is 3.48. The van der Waals surface area contributed by atoms with E-state index in [0.29, 0.717) is 39.4 Å². The predicted molar refractivity (Wildman–Crippen MR) is 127 cm³/mol. The molecular weight excluding hydrogens is 418 g/mol. The normalized spacial score (nSPS) is 11.6. The van der Waals surface area contributed by atoms with Crippen LogP contribution in [0.25, 0.3) is 11.0 Å². The molecule has 4 aromatic rings. The molecule has 0 spiro atoms. The quantitative estimate of drug-likeness (QED) is 0.464. The van der Waals surface area contributed by atoms with Crippen molar-refractivity contribution >= 4 is 28.3 Å². The van der Waals surface area contributed by atoms with Crippen LogP contribution in [0.2, 0.25) is 0 Å². The van der Waals surface area contributed by atoms with Gasteiger partial charge in [-0.05, 0) is 62.2 Å². The fraction of sp³-hybridized carbons (Fsp3) is 0.192. The highest BCUT2D eigenvalue weighted by Crippen LogP contribution is 2.23. The number of aryl methyl sites for hydroxylation is 3. The van der Waals surface area contributed by atoms with E-state index in [1.54, 1.807) is 38.4 Å². The molecule has 2 heterocycles. The highest BCUT2D eigenvalue weighted by atomic mass is 16.5. The molecule has 0 atom stereocenters. The number of fused-ring (bicyclic) bond motifs is 1. The standard InChI is InChI=1S/C26H25N3O4/c1-15-8-9-20(10-16(15)2)28-25(31)23-12-22-18(14-30)13-27-17(3)24(22)33-26(23)29-19-6-5-7-21(11-19)32-4/h5-13,30H,14H2,1-4H3,(H,28,31). The van der Waals surface area contributed by atoms with Crippen molar-refractivity contribution in [2.24, 2.45) is 4.99 Å². The van der Waals surface area contributed by atoms with Gasteiger partial charge in [-0.3, -0.25) is 9.78 Å². The van der Waals surface area contributed by atoms with Crippen molar-refractivity contribution in [2.45, 2.75) is 27.4 Å². The van der Waals surface area contributed by atoms with Crippen molar-refractivity contribution in [1.82, 2.24) is 4.98 Å². The number of carbonyl (C=O) groups is 1. The number of nitrogens with zero attached hydrogens (tertiary/aromatic N) is 2. The van der Waals surface area contributed by atoms with Crippen LogP contribution in [0.1, 0.15) is 32.7 Å². The van der Waals surface area contributed by atoms with Crippen molar-refractivity contribution < 1.29 is 19.1 Å². The van der Waals surface area contributed by atoms with E-state index < -0.39 is 0 Å². The van der Waals surface area contributed by atoms with E-state index in [4.69, 9.17) is 9.15 Å². The number of aliphatic hydroxyl groups excluding tert-OH is 1. The summed E-state index contributed by atoms with van der Waals surface area (Å²) >= 11 is 0. The Bertz CT molecular complexity index is 1420. The van der Waals surface area contributed by atoms with Gasteiger partial charge >= 0.3 is 0 Å². The second-order valence-corrected chi connectivity index (χ2v) is 7.80. The van der Waals surface area contributed by atoms with Crippen LogP contribution < -0.4 is 15.6 Å². The Kier molecular flexibility index (Phi) is 6.24. The third kappa shape index (κ3) is 4.63. The molecule has 1 amide bonds. The Hall–Kier alpha value is -3.97. The van der Waals surface area contributed by atoms with Gasteiger partial charge in [0, 0.05) is 28.9 Å². The van der Waals surface area contributed by atoms with Gasteiger partial charge in [0.1, 0.15) is 11.3 Å². The molecule has 0 unspecified atom stereocenters. The lowest BCUT2D eigenvalue weighted by molar-refractivity contribution is 0.102. The lowest BCUT2D eigenvalue weighted by Gasteiger charge is -2.11. The minimum atomic E-state index is -0.371. The van der Waals surface area contributed by atoms with Gasteiger partial charge in [-0.1, -0.05) is 12.1 Å². The monoisotopic (exact) mass is 443 g/mol. The van der Waals surface area contributed by atoms with Crippen molar-refractivity contribution in [3.05, 3.63) is 88.2 Å². The maximum Gasteiger partial charge on any atom is 0.261 e. The number of aromatic nitrogens is 1. The Morgan fingerprint density at radius 2 is 1.94 bits per heavy atom. The first-order valence-electron chi connectivity index (χ1n) is 10.5. The van der Waals surface area contributed by atoms with Gasteiger partial charge in [0.15, 0.2) is 5.58 Å². The van der Waals surface area contributed by atoms with Crippen LogP contribution in [0, 0.1) is 20.8 Å². The van der Waals surface area contributed by atoms with Crippen LogP contribution in [-0.2, 0) is 6.61 Å². The summed E-state index contributed by atoms with van der Waals surface area (Å²) in [5.74, 6) is 0.266. The molecule has 4 rings (SSSR count). The highest BCUT2D eigenvalue weighted by molar-refractivity contribution is 6.05. The third-order valence-corrected chi connectivity index (χ3v) is 5.51. The third-order valence-electron chi connectivity index (χ3n) is 5.51. The molecule has 7 nitrogen and oxygen atoms in total. The van der Waals surface area contributed by atoms with Crippen molar-refractivity contribution in [1.29, 1.82) is 0 Å². The number of pyridine rings is 1. The Balaban J connectivity index is 1.91. The molecular formula is C26H25N3O4. The molecule has 2 aromatic heterocycles. The van der Waals surface area contributed by atoms with Gasteiger partial charge in [0.05, 0.1) is 25.1 Å². The number of nitrogens with one attached hydrogen (secondary N) is 1. The van der Waals surface area contributed by atoms with Crippen LogP contribution in [0.15, 0.2) is 64.1 Å². The smallest absolute Gasteiger partial charge is 0.261 e. The molecule has 0 radical (unpaired) electrons. The molecule has 0 saturated heterocycles. The summed E-state index contributed by atoms with van der Waals surface area (Å²) in [5, 5.41) is 13.3. The zero-order valence-electron chi connectivity index (χ0n) is 19.0. The second kappa shape index (κ2) is 9.26. The number of rotatable bonds is 5. The molecule has 0 aliphatic heterocycles. The van der Waals surface area contributed by atoms with E-state index in [2.05, 4.69) is 15.3 Å². The Morgan fingerprint density at radius 1 is 1.12 bits per heavy atom. The zero-order valence-corrected chi connectivity index (χ0v) is 19.0. The van der Waals surface area contributed by atoms with E-state index in [1.165, 1.54) is 0 Å². The molecule has 2 aromatic carbocycles. The number of benzene rings is 2. The highest BCUT2D eigenvalue weighted by Gasteiger charge is 2.17. The number of methoxy groups -OCH3 is 1. The molecule has 0 aliphatic rings. The average Bonchev–Trinajstić information content (AvgIpc) is 2.81. The molecule has 0 fully saturated rings. The van der Waals surface area contributed by atoms with E-state index in [0.717, 1.165) is 11.1 Å². The van der Waals surface area contributed by atoms with Gasteiger partial charge in [-0.2, -0.15) is 0 Å². The van der Waals surface area contributed by atoms with Crippen LogP contribution in [0.5, 0.6) is 5.75 Å². The topological polar surface area (TPSA) is 97.0 Å². The Morgan fingerprint density at radius 3 is 2.67 bits per heavy atom. The first kappa shape index (κ1) is 22.2. The van der Waals surface area contributed by atoms with E-state index in [9.17, 15) is 9.90 Å². The second-order valence-electron chi connectivity index (χ2n) is 7.80. The Labute approximate surface area is 191 Å². The van der Waals surface area contributed by atoms with Gasteiger partial charge in [-0.25, -0.2) is 4.99 Å². The summed E-state index contributed by atoms with van der Waals surface area (Å²) in [6.45, 7) is 5.57. The average molecular weight is 444 g/mol. The lowest BCUT2D eigenvalue weighted by Crippen LogP contribution is -2.22. The van der Waals surface area contributed by atoms with Crippen LogP contribution in [0.4, 0.5) is 11.4 Å².